The largest absolute Gasteiger partial charge is 0.462 e. The summed E-state index contributed by atoms with van der Waals surface area (Å²) >= 11 is 0. The second-order valence-corrected chi connectivity index (χ2v) is 14.7. The van der Waals surface area contributed by atoms with Crippen molar-refractivity contribution in [1.29, 1.82) is 0 Å². The van der Waals surface area contributed by atoms with Gasteiger partial charge in [-0.3, -0.25) is 14.4 Å². The average Bonchev–Trinajstić information content (AvgIpc) is 3.19. The number of rotatable bonds is 39. The third-order valence-electron chi connectivity index (χ3n) is 9.27. The van der Waals surface area contributed by atoms with E-state index in [-0.39, 0.29) is 37.5 Å². The molecule has 1 unspecified atom stereocenters. The van der Waals surface area contributed by atoms with E-state index in [9.17, 15) is 14.4 Å². The Hall–Kier alpha value is -3.41. The van der Waals surface area contributed by atoms with Crippen LogP contribution in [-0.2, 0) is 28.6 Å². The van der Waals surface area contributed by atoms with E-state index in [0.29, 0.717) is 19.3 Å². The van der Waals surface area contributed by atoms with Crippen LogP contribution >= 0.6 is 0 Å². The Morgan fingerprint density at radius 2 is 0.804 bits per heavy atom. The molecule has 0 saturated carbocycles. The lowest BCUT2D eigenvalue weighted by atomic mass is 10.0. The normalized spacial score (nSPS) is 12.8. The van der Waals surface area contributed by atoms with Gasteiger partial charge >= 0.3 is 17.9 Å². The van der Waals surface area contributed by atoms with Gasteiger partial charge in [0.05, 0.1) is 0 Å². The molecular formula is C50H82O6. The number of hydrogen-bond donors (Lipinski definition) is 0. The number of carbonyl (C=O) groups excluding carboxylic acids is 3. The van der Waals surface area contributed by atoms with Crippen molar-refractivity contribution in [1.82, 2.24) is 0 Å². The highest BCUT2D eigenvalue weighted by Gasteiger charge is 2.19. The van der Waals surface area contributed by atoms with Gasteiger partial charge in [0.1, 0.15) is 13.2 Å². The number of ether oxygens (including phenoxy) is 3. The summed E-state index contributed by atoms with van der Waals surface area (Å²) in [7, 11) is 0. The number of hydrogen-bond acceptors (Lipinski definition) is 6. The van der Waals surface area contributed by atoms with Crippen LogP contribution in [0.4, 0.5) is 0 Å². The van der Waals surface area contributed by atoms with Gasteiger partial charge in [0, 0.05) is 19.3 Å². The van der Waals surface area contributed by atoms with Gasteiger partial charge < -0.3 is 14.2 Å². The molecule has 0 aliphatic heterocycles. The predicted octanol–water partition coefficient (Wildman–Crippen LogP) is 14.5. The molecule has 0 bridgehead atoms. The van der Waals surface area contributed by atoms with Gasteiger partial charge in [-0.05, 0) is 57.8 Å². The molecule has 0 spiro atoms. The van der Waals surface area contributed by atoms with Crippen LogP contribution in [0.2, 0.25) is 0 Å². The van der Waals surface area contributed by atoms with Crippen LogP contribution in [-0.4, -0.2) is 37.2 Å². The van der Waals surface area contributed by atoms with Crippen LogP contribution in [0, 0.1) is 0 Å². The molecule has 1 atom stereocenters. The summed E-state index contributed by atoms with van der Waals surface area (Å²) in [6.07, 6.45) is 55.7. The molecule has 0 radical (unpaired) electrons. The SMILES string of the molecule is CC\C=C/C=C\C=C/C=C\C=C/CCCC(=O)OCC(COC(=O)CCCCCCC/C=C\C/C=C\CC)OC(=O)CCCCCCCCCCCCCCC. The monoisotopic (exact) mass is 779 g/mol. The molecule has 0 N–H and O–H groups in total. The summed E-state index contributed by atoms with van der Waals surface area (Å²) in [5.74, 6) is -1.00. The fourth-order valence-electron chi connectivity index (χ4n) is 5.92. The molecule has 6 heteroatoms. The van der Waals surface area contributed by atoms with Crippen LogP contribution in [0.25, 0.3) is 0 Å². The lowest BCUT2D eigenvalue weighted by Gasteiger charge is -2.18. The zero-order valence-electron chi connectivity index (χ0n) is 36.1. The molecule has 318 valence electrons. The molecule has 0 aromatic heterocycles. The highest BCUT2D eigenvalue weighted by atomic mass is 16.6. The van der Waals surface area contributed by atoms with Crippen molar-refractivity contribution in [3.63, 3.8) is 0 Å². The minimum atomic E-state index is -0.807. The first kappa shape index (κ1) is 52.6. The van der Waals surface area contributed by atoms with E-state index < -0.39 is 6.10 Å². The Morgan fingerprint density at radius 1 is 0.393 bits per heavy atom. The van der Waals surface area contributed by atoms with E-state index in [1.807, 2.05) is 54.7 Å². The highest BCUT2D eigenvalue weighted by Crippen LogP contribution is 2.14. The molecule has 0 rings (SSSR count). The maximum absolute atomic E-state index is 12.7. The van der Waals surface area contributed by atoms with Gasteiger partial charge in [-0.15, -0.1) is 0 Å². The molecular weight excluding hydrogens is 697 g/mol. The van der Waals surface area contributed by atoms with Crippen LogP contribution in [0.5, 0.6) is 0 Å². The van der Waals surface area contributed by atoms with Crippen LogP contribution < -0.4 is 0 Å². The van der Waals surface area contributed by atoms with Crippen molar-refractivity contribution in [2.24, 2.45) is 0 Å². The van der Waals surface area contributed by atoms with Crippen molar-refractivity contribution in [3.05, 3.63) is 85.1 Å². The molecule has 0 aromatic carbocycles. The smallest absolute Gasteiger partial charge is 0.306 e. The number of esters is 3. The highest BCUT2D eigenvalue weighted by molar-refractivity contribution is 5.71. The third kappa shape index (κ3) is 41.7. The summed E-state index contributed by atoms with van der Waals surface area (Å²) in [4.78, 5) is 37.7. The van der Waals surface area contributed by atoms with Gasteiger partial charge in [0.2, 0.25) is 0 Å². The second kappa shape index (κ2) is 44.3. The van der Waals surface area contributed by atoms with E-state index in [1.54, 1.807) is 0 Å². The first-order chi connectivity index (χ1) is 27.5. The Bertz CT molecular complexity index is 1120. The molecule has 0 aromatic rings. The van der Waals surface area contributed by atoms with E-state index in [2.05, 4.69) is 51.2 Å². The van der Waals surface area contributed by atoms with Crippen molar-refractivity contribution >= 4 is 17.9 Å². The molecule has 0 amide bonds. The second-order valence-electron chi connectivity index (χ2n) is 14.7. The van der Waals surface area contributed by atoms with Crippen LogP contribution in [0.15, 0.2) is 85.1 Å². The first-order valence-electron chi connectivity index (χ1n) is 22.7. The number of allylic oxidation sites excluding steroid dienone is 14. The predicted molar refractivity (Wildman–Crippen MR) is 237 cm³/mol. The average molecular weight is 779 g/mol. The summed E-state index contributed by atoms with van der Waals surface area (Å²) in [5, 5.41) is 0. The molecule has 56 heavy (non-hydrogen) atoms. The quantitative estimate of drug-likeness (QED) is 0.0203. The zero-order valence-corrected chi connectivity index (χ0v) is 36.1. The van der Waals surface area contributed by atoms with E-state index in [0.717, 1.165) is 83.5 Å². The first-order valence-corrected chi connectivity index (χ1v) is 22.7. The summed E-state index contributed by atoms with van der Waals surface area (Å²) in [5.41, 5.74) is 0. The molecule has 0 heterocycles. The van der Waals surface area contributed by atoms with E-state index in [1.165, 1.54) is 64.2 Å². The lowest BCUT2D eigenvalue weighted by Crippen LogP contribution is -2.30. The van der Waals surface area contributed by atoms with Crippen LogP contribution in [0.1, 0.15) is 194 Å². The molecule has 6 nitrogen and oxygen atoms in total. The summed E-state index contributed by atoms with van der Waals surface area (Å²) in [6.45, 7) is 6.28. The standard InChI is InChI=1S/C50H82O6/c1-4-7-10-13-16-19-22-25-28-31-34-37-40-43-49(52)55-46-47(45-54-48(51)42-39-36-33-30-27-24-21-18-15-12-9-6-3)56-50(53)44-41-38-35-32-29-26-23-20-17-14-11-8-5-2/h7,9-10,12-13,16,18-19,21-22,25,28,31,34,47H,4-6,8,11,14-15,17,20,23-24,26-27,29-30,32-33,35-46H2,1-3H3/b10-7-,12-9-,16-13-,21-18-,22-19-,28-25-,34-31-. The van der Waals surface area contributed by atoms with Crippen molar-refractivity contribution < 1.29 is 28.6 Å². The Labute approximate surface area is 344 Å². The maximum atomic E-state index is 12.7. The summed E-state index contributed by atoms with van der Waals surface area (Å²) in [6, 6.07) is 0. The molecule has 0 aliphatic carbocycles. The molecule has 0 fully saturated rings. The summed E-state index contributed by atoms with van der Waals surface area (Å²) < 4.78 is 16.6. The number of carbonyl (C=O) groups is 3. The van der Waals surface area contributed by atoms with Crippen molar-refractivity contribution in [2.45, 2.75) is 200 Å². The van der Waals surface area contributed by atoms with Crippen molar-refractivity contribution in [3.8, 4) is 0 Å². The van der Waals surface area contributed by atoms with E-state index in [4.69, 9.17) is 14.2 Å². The van der Waals surface area contributed by atoms with Gasteiger partial charge in [0.25, 0.3) is 0 Å². The fourth-order valence-corrected chi connectivity index (χ4v) is 5.92. The van der Waals surface area contributed by atoms with Gasteiger partial charge in [-0.25, -0.2) is 0 Å². The molecule has 0 aliphatic rings. The molecule has 0 saturated heterocycles. The topological polar surface area (TPSA) is 78.9 Å². The minimum absolute atomic E-state index is 0.106. The zero-order chi connectivity index (χ0) is 40.8. The maximum Gasteiger partial charge on any atom is 0.306 e. The van der Waals surface area contributed by atoms with Gasteiger partial charge in [0.15, 0.2) is 6.10 Å². The van der Waals surface area contributed by atoms with E-state index >= 15 is 0 Å². The minimum Gasteiger partial charge on any atom is -0.462 e. The van der Waals surface area contributed by atoms with Crippen LogP contribution in [0.3, 0.4) is 0 Å². The van der Waals surface area contributed by atoms with Gasteiger partial charge in [-0.2, -0.15) is 0 Å². The number of unbranched alkanes of at least 4 members (excludes halogenated alkanes) is 18. The fraction of sp³-hybridized carbons (Fsp3) is 0.660. The third-order valence-corrected chi connectivity index (χ3v) is 9.27. The Morgan fingerprint density at radius 3 is 1.34 bits per heavy atom. The lowest BCUT2D eigenvalue weighted by molar-refractivity contribution is -0.167. The Kier molecular flexibility index (Phi) is 41.6. The Balaban J connectivity index is 4.52. The van der Waals surface area contributed by atoms with Gasteiger partial charge in [-0.1, -0.05) is 202 Å². The van der Waals surface area contributed by atoms with Crippen molar-refractivity contribution in [2.75, 3.05) is 13.2 Å².